The molecular weight excluding hydrogens is 254 g/mol. The maximum absolute atomic E-state index is 11.1. The lowest BCUT2D eigenvalue weighted by Crippen LogP contribution is -2.36. The Labute approximate surface area is 119 Å². The quantitative estimate of drug-likeness (QED) is 0.785. The molecule has 0 spiro atoms. The molecule has 0 bridgehead atoms. The van der Waals surface area contributed by atoms with Gasteiger partial charge in [-0.15, -0.1) is 0 Å². The Balaban J connectivity index is 1.81. The van der Waals surface area contributed by atoms with Crippen molar-refractivity contribution in [3.8, 4) is 0 Å². The Kier molecular flexibility index (Phi) is 3.87. The van der Waals surface area contributed by atoms with E-state index in [4.69, 9.17) is 4.74 Å². The maximum atomic E-state index is 11.1. The van der Waals surface area contributed by atoms with Crippen LogP contribution in [0.5, 0.6) is 0 Å². The van der Waals surface area contributed by atoms with Gasteiger partial charge in [-0.05, 0) is 37.0 Å². The Morgan fingerprint density at radius 1 is 1.35 bits per heavy atom. The first-order chi connectivity index (χ1) is 9.79. The van der Waals surface area contributed by atoms with Crippen LogP contribution in [0.2, 0.25) is 0 Å². The lowest BCUT2D eigenvalue weighted by atomic mass is 10.0. The molecule has 0 aliphatic carbocycles. The number of hydrogen-bond acceptors (Lipinski definition) is 4. The number of aryl methyl sites for hydroxylation is 1. The van der Waals surface area contributed by atoms with Crippen LogP contribution in [0.15, 0.2) is 12.3 Å². The van der Waals surface area contributed by atoms with Crippen LogP contribution in [-0.4, -0.2) is 49.1 Å². The van der Waals surface area contributed by atoms with Crippen LogP contribution in [0.4, 0.5) is 5.82 Å². The lowest BCUT2D eigenvalue weighted by Gasteiger charge is -2.29. The van der Waals surface area contributed by atoms with Crippen LogP contribution in [0.3, 0.4) is 0 Å². The van der Waals surface area contributed by atoms with Gasteiger partial charge in [-0.1, -0.05) is 0 Å². The first kappa shape index (κ1) is 13.4. The summed E-state index contributed by atoms with van der Waals surface area (Å²) >= 11 is 0. The van der Waals surface area contributed by atoms with Crippen LogP contribution in [0.25, 0.3) is 0 Å². The number of morpholine rings is 1. The van der Waals surface area contributed by atoms with Gasteiger partial charge in [0.25, 0.3) is 0 Å². The third-order valence-electron chi connectivity index (χ3n) is 4.26. The zero-order valence-corrected chi connectivity index (χ0v) is 11.9. The highest BCUT2D eigenvalue weighted by molar-refractivity contribution is 5.51. The summed E-state index contributed by atoms with van der Waals surface area (Å²) in [5.41, 5.74) is 2.41. The summed E-state index contributed by atoms with van der Waals surface area (Å²) in [4.78, 5) is 19.8. The Bertz CT molecular complexity index is 486. The molecule has 0 unspecified atom stereocenters. The molecule has 108 valence electrons. The summed E-state index contributed by atoms with van der Waals surface area (Å²) in [5.74, 6) is 1.02. The van der Waals surface area contributed by atoms with Gasteiger partial charge in [0.1, 0.15) is 5.82 Å². The van der Waals surface area contributed by atoms with Gasteiger partial charge >= 0.3 is 0 Å². The standard InChI is InChI=1S/C15H21N3O2/c1-12-9-15(17-5-7-20-8-6-17)16-10-13(12)14-3-2-4-18(14)11-19/h9-11,14H,2-8H2,1H3/t14-/m0/s1. The lowest BCUT2D eigenvalue weighted by molar-refractivity contribution is -0.118. The van der Waals surface area contributed by atoms with E-state index in [1.165, 1.54) is 11.1 Å². The predicted octanol–water partition coefficient (Wildman–Crippen LogP) is 1.52. The van der Waals surface area contributed by atoms with Gasteiger partial charge in [0.15, 0.2) is 0 Å². The molecule has 1 atom stereocenters. The second-order valence-electron chi connectivity index (χ2n) is 5.50. The van der Waals surface area contributed by atoms with Crippen LogP contribution < -0.4 is 4.90 Å². The summed E-state index contributed by atoms with van der Waals surface area (Å²) in [7, 11) is 0. The second kappa shape index (κ2) is 5.79. The van der Waals surface area contributed by atoms with Crippen molar-refractivity contribution in [3.05, 3.63) is 23.4 Å². The molecule has 1 amide bonds. The van der Waals surface area contributed by atoms with Crippen molar-refractivity contribution in [1.29, 1.82) is 0 Å². The Morgan fingerprint density at radius 2 is 2.15 bits per heavy atom. The molecule has 3 rings (SSSR count). The highest BCUT2D eigenvalue weighted by Gasteiger charge is 2.26. The van der Waals surface area contributed by atoms with E-state index in [2.05, 4.69) is 22.9 Å². The van der Waals surface area contributed by atoms with Crippen molar-refractivity contribution in [2.75, 3.05) is 37.7 Å². The van der Waals surface area contributed by atoms with E-state index in [0.29, 0.717) is 0 Å². The summed E-state index contributed by atoms with van der Waals surface area (Å²) in [6, 6.07) is 2.35. The van der Waals surface area contributed by atoms with Gasteiger partial charge in [-0.25, -0.2) is 4.98 Å². The second-order valence-corrected chi connectivity index (χ2v) is 5.50. The van der Waals surface area contributed by atoms with E-state index >= 15 is 0 Å². The molecule has 0 saturated carbocycles. The molecule has 0 aromatic carbocycles. The van der Waals surface area contributed by atoms with Gasteiger partial charge in [0.05, 0.1) is 19.3 Å². The Hall–Kier alpha value is -1.62. The van der Waals surface area contributed by atoms with Crippen molar-refractivity contribution in [2.24, 2.45) is 0 Å². The fraction of sp³-hybridized carbons (Fsp3) is 0.600. The number of aromatic nitrogens is 1. The van der Waals surface area contributed by atoms with Gasteiger partial charge < -0.3 is 14.5 Å². The molecule has 2 fully saturated rings. The van der Waals surface area contributed by atoms with Crippen LogP contribution >= 0.6 is 0 Å². The number of carbonyl (C=O) groups excluding carboxylic acids is 1. The average Bonchev–Trinajstić information content (AvgIpc) is 2.96. The molecule has 2 aliphatic heterocycles. The minimum Gasteiger partial charge on any atom is -0.378 e. The van der Waals surface area contributed by atoms with Gasteiger partial charge in [0.2, 0.25) is 6.41 Å². The molecule has 3 heterocycles. The number of hydrogen-bond donors (Lipinski definition) is 0. The van der Waals surface area contributed by atoms with Crippen molar-refractivity contribution < 1.29 is 9.53 Å². The highest BCUT2D eigenvalue weighted by Crippen LogP contribution is 2.33. The fourth-order valence-corrected chi connectivity index (χ4v) is 3.12. The highest BCUT2D eigenvalue weighted by atomic mass is 16.5. The molecular formula is C15H21N3O2. The molecule has 5 nitrogen and oxygen atoms in total. The third kappa shape index (κ3) is 2.50. The molecule has 5 heteroatoms. The predicted molar refractivity (Wildman–Crippen MR) is 76.8 cm³/mol. The topological polar surface area (TPSA) is 45.7 Å². The van der Waals surface area contributed by atoms with Crippen molar-refractivity contribution in [1.82, 2.24) is 9.88 Å². The largest absolute Gasteiger partial charge is 0.378 e. The molecule has 20 heavy (non-hydrogen) atoms. The number of ether oxygens (including phenoxy) is 1. The van der Waals surface area contributed by atoms with E-state index in [9.17, 15) is 4.79 Å². The summed E-state index contributed by atoms with van der Waals surface area (Å²) < 4.78 is 5.37. The van der Waals surface area contributed by atoms with Crippen molar-refractivity contribution in [3.63, 3.8) is 0 Å². The minimum atomic E-state index is 0.207. The maximum Gasteiger partial charge on any atom is 0.210 e. The third-order valence-corrected chi connectivity index (χ3v) is 4.26. The number of anilines is 1. The molecule has 1 aromatic heterocycles. The SMILES string of the molecule is Cc1cc(N2CCOCC2)ncc1[C@@H]1CCCN1C=O. The zero-order chi connectivity index (χ0) is 13.9. The zero-order valence-electron chi connectivity index (χ0n) is 11.9. The van der Waals surface area contributed by atoms with E-state index in [1.54, 1.807) is 0 Å². The molecule has 0 N–H and O–H groups in total. The molecule has 2 saturated heterocycles. The summed E-state index contributed by atoms with van der Waals surface area (Å²) in [6.07, 6.45) is 5.03. The van der Waals surface area contributed by atoms with E-state index < -0.39 is 0 Å². The van der Waals surface area contributed by atoms with E-state index in [0.717, 1.165) is 57.9 Å². The molecule has 0 radical (unpaired) electrons. The fourth-order valence-electron chi connectivity index (χ4n) is 3.12. The number of likely N-dealkylation sites (tertiary alicyclic amines) is 1. The van der Waals surface area contributed by atoms with Crippen LogP contribution in [0.1, 0.15) is 30.0 Å². The number of pyridine rings is 1. The van der Waals surface area contributed by atoms with Crippen LogP contribution in [-0.2, 0) is 9.53 Å². The van der Waals surface area contributed by atoms with E-state index in [1.807, 2.05) is 11.1 Å². The number of nitrogens with zero attached hydrogens (tertiary/aromatic N) is 3. The van der Waals surface area contributed by atoms with Gasteiger partial charge in [0, 0.05) is 25.8 Å². The number of carbonyl (C=O) groups is 1. The normalized spacial score (nSPS) is 23.1. The minimum absolute atomic E-state index is 0.207. The molecule has 2 aliphatic rings. The van der Waals surface area contributed by atoms with Crippen molar-refractivity contribution >= 4 is 12.2 Å². The first-order valence-corrected chi connectivity index (χ1v) is 7.30. The first-order valence-electron chi connectivity index (χ1n) is 7.30. The average molecular weight is 275 g/mol. The summed E-state index contributed by atoms with van der Waals surface area (Å²) in [6.45, 7) is 6.31. The van der Waals surface area contributed by atoms with Crippen LogP contribution in [0, 0.1) is 6.92 Å². The molecule has 1 aromatic rings. The van der Waals surface area contributed by atoms with E-state index in [-0.39, 0.29) is 6.04 Å². The monoisotopic (exact) mass is 275 g/mol. The van der Waals surface area contributed by atoms with Crippen molar-refractivity contribution in [2.45, 2.75) is 25.8 Å². The Morgan fingerprint density at radius 3 is 2.85 bits per heavy atom. The smallest absolute Gasteiger partial charge is 0.210 e. The van der Waals surface area contributed by atoms with Gasteiger partial charge in [-0.2, -0.15) is 0 Å². The summed E-state index contributed by atoms with van der Waals surface area (Å²) in [5, 5.41) is 0. The van der Waals surface area contributed by atoms with Gasteiger partial charge in [-0.3, -0.25) is 4.79 Å². The number of amides is 1. The number of rotatable bonds is 3.